The number of carbonyl (C=O) groups excluding carboxylic acids is 1. The lowest BCUT2D eigenvalue weighted by Crippen LogP contribution is -2.44. The summed E-state index contributed by atoms with van der Waals surface area (Å²) in [4.78, 5) is 21.1. The van der Waals surface area contributed by atoms with Gasteiger partial charge in [-0.3, -0.25) is 9.78 Å². The Bertz CT molecular complexity index is 783. The van der Waals surface area contributed by atoms with E-state index in [1.807, 2.05) is 60.5 Å². The molecular formula is C22H27N3O2. The summed E-state index contributed by atoms with van der Waals surface area (Å²) >= 11 is 0. The lowest BCUT2D eigenvalue weighted by molar-refractivity contribution is -0.117. The van der Waals surface area contributed by atoms with E-state index in [4.69, 9.17) is 0 Å². The third kappa shape index (κ3) is 3.89. The van der Waals surface area contributed by atoms with Gasteiger partial charge in [0.15, 0.2) is 0 Å². The molecule has 5 heteroatoms. The maximum absolute atomic E-state index is 12.4. The van der Waals surface area contributed by atoms with Gasteiger partial charge in [0.25, 0.3) is 0 Å². The predicted molar refractivity (Wildman–Crippen MR) is 105 cm³/mol. The number of hydrogen-bond donors (Lipinski definition) is 1. The zero-order valence-electron chi connectivity index (χ0n) is 15.8. The molecular weight excluding hydrogens is 338 g/mol. The van der Waals surface area contributed by atoms with Crippen LogP contribution in [0.1, 0.15) is 30.5 Å². The van der Waals surface area contributed by atoms with E-state index >= 15 is 0 Å². The first-order valence-electron chi connectivity index (χ1n) is 9.77. The first kappa shape index (κ1) is 18.1. The number of carbonyl (C=O) groups is 1. The average Bonchev–Trinajstić information content (AvgIpc) is 3.05. The van der Waals surface area contributed by atoms with Gasteiger partial charge in [0.1, 0.15) is 5.60 Å². The van der Waals surface area contributed by atoms with Crippen LogP contribution in [0.5, 0.6) is 0 Å². The largest absolute Gasteiger partial charge is 0.383 e. The molecule has 0 spiro atoms. The molecule has 2 aliphatic rings. The summed E-state index contributed by atoms with van der Waals surface area (Å²) in [6.07, 6.45) is 3.80. The van der Waals surface area contributed by atoms with Crippen LogP contribution >= 0.6 is 0 Å². The van der Waals surface area contributed by atoms with Crippen molar-refractivity contribution >= 4 is 11.6 Å². The van der Waals surface area contributed by atoms with Gasteiger partial charge in [0, 0.05) is 44.5 Å². The summed E-state index contributed by atoms with van der Waals surface area (Å²) in [5, 5.41) is 11.0. The monoisotopic (exact) mass is 365 g/mol. The molecule has 2 aliphatic heterocycles. The van der Waals surface area contributed by atoms with Gasteiger partial charge in [-0.15, -0.1) is 0 Å². The van der Waals surface area contributed by atoms with Crippen LogP contribution in [0.3, 0.4) is 0 Å². The number of piperidine rings is 1. The number of pyridine rings is 1. The number of benzene rings is 1. The highest BCUT2D eigenvalue weighted by Crippen LogP contribution is 2.33. The van der Waals surface area contributed by atoms with Crippen LogP contribution < -0.4 is 4.90 Å². The van der Waals surface area contributed by atoms with Crippen LogP contribution in [0.2, 0.25) is 0 Å². The lowest BCUT2D eigenvalue weighted by Gasteiger charge is -2.38. The molecule has 1 amide bonds. The minimum Gasteiger partial charge on any atom is -0.383 e. The summed E-state index contributed by atoms with van der Waals surface area (Å²) in [6.45, 7) is 5.37. The maximum atomic E-state index is 12.4. The molecule has 1 aromatic carbocycles. The molecule has 1 aromatic heterocycles. The molecule has 0 unspecified atom stereocenters. The smallest absolute Gasteiger partial charge is 0.227 e. The Morgan fingerprint density at radius 2 is 1.89 bits per heavy atom. The molecule has 2 fully saturated rings. The van der Waals surface area contributed by atoms with Gasteiger partial charge < -0.3 is 14.9 Å². The highest BCUT2D eigenvalue weighted by Gasteiger charge is 2.37. The predicted octanol–water partition coefficient (Wildman–Crippen LogP) is 2.73. The fourth-order valence-corrected chi connectivity index (χ4v) is 4.23. The Kier molecular flexibility index (Phi) is 4.98. The zero-order chi connectivity index (χ0) is 18.9. The van der Waals surface area contributed by atoms with Crippen LogP contribution in [-0.2, 0) is 10.4 Å². The summed E-state index contributed by atoms with van der Waals surface area (Å²) < 4.78 is 0. The topological polar surface area (TPSA) is 56.7 Å². The van der Waals surface area contributed by atoms with Gasteiger partial charge in [-0.05, 0) is 49.4 Å². The van der Waals surface area contributed by atoms with Crippen molar-refractivity contribution in [3.63, 3.8) is 0 Å². The molecule has 0 bridgehead atoms. The normalized spacial score (nSPS) is 23.0. The maximum Gasteiger partial charge on any atom is 0.227 e. The Balaban J connectivity index is 1.33. The Hall–Kier alpha value is -2.24. The third-order valence-electron chi connectivity index (χ3n) is 5.86. The van der Waals surface area contributed by atoms with E-state index in [0.717, 1.165) is 43.1 Å². The SMILES string of the molecule is Cc1ccc(C2(O)CCN(C[C@@H]3CC(=O)N(c4ccccc4)C3)CC2)nc1. The fourth-order valence-electron chi connectivity index (χ4n) is 4.23. The van der Waals surface area contributed by atoms with E-state index in [1.165, 1.54) is 0 Å². The standard InChI is InChI=1S/C22H27N3O2/c1-17-7-8-20(23-14-17)22(27)9-11-24(12-10-22)15-18-13-21(26)25(16-18)19-5-3-2-4-6-19/h2-8,14,18,27H,9-13,15-16H2,1H3/t18-/m0/s1. The molecule has 27 heavy (non-hydrogen) atoms. The second-order valence-electron chi connectivity index (χ2n) is 7.96. The van der Waals surface area contributed by atoms with Gasteiger partial charge in [0.05, 0.1) is 5.69 Å². The summed E-state index contributed by atoms with van der Waals surface area (Å²) in [7, 11) is 0. The van der Waals surface area contributed by atoms with Gasteiger partial charge in [-0.2, -0.15) is 0 Å². The van der Waals surface area contributed by atoms with Crippen molar-refractivity contribution < 1.29 is 9.90 Å². The number of rotatable bonds is 4. The van der Waals surface area contributed by atoms with Crippen molar-refractivity contribution in [1.29, 1.82) is 0 Å². The Labute approximate surface area is 160 Å². The highest BCUT2D eigenvalue weighted by atomic mass is 16.3. The van der Waals surface area contributed by atoms with Crippen LogP contribution in [0, 0.1) is 12.8 Å². The van der Waals surface area contributed by atoms with Crippen molar-refractivity contribution in [1.82, 2.24) is 9.88 Å². The van der Waals surface area contributed by atoms with E-state index in [0.29, 0.717) is 25.2 Å². The molecule has 1 N–H and O–H groups in total. The van der Waals surface area contributed by atoms with E-state index in [1.54, 1.807) is 0 Å². The Morgan fingerprint density at radius 1 is 1.15 bits per heavy atom. The van der Waals surface area contributed by atoms with E-state index in [2.05, 4.69) is 9.88 Å². The number of nitrogens with zero attached hydrogens (tertiary/aromatic N) is 3. The van der Waals surface area contributed by atoms with Crippen LogP contribution in [-0.4, -0.2) is 47.1 Å². The molecule has 5 nitrogen and oxygen atoms in total. The number of hydrogen-bond acceptors (Lipinski definition) is 4. The van der Waals surface area contributed by atoms with Crippen LogP contribution in [0.15, 0.2) is 48.7 Å². The number of amides is 1. The number of anilines is 1. The van der Waals surface area contributed by atoms with E-state index in [-0.39, 0.29) is 5.91 Å². The molecule has 142 valence electrons. The molecule has 0 saturated carbocycles. The van der Waals surface area contributed by atoms with Crippen molar-refractivity contribution in [2.75, 3.05) is 31.1 Å². The lowest BCUT2D eigenvalue weighted by atomic mass is 9.87. The van der Waals surface area contributed by atoms with Crippen LogP contribution in [0.25, 0.3) is 0 Å². The Morgan fingerprint density at radius 3 is 2.56 bits per heavy atom. The number of aryl methyl sites for hydroxylation is 1. The van der Waals surface area contributed by atoms with Gasteiger partial charge in [-0.25, -0.2) is 0 Å². The van der Waals surface area contributed by atoms with Gasteiger partial charge >= 0.3 is 0 Å². The first-order valence-corrected chi connectivity index (χ1v) is 9.77. The van der Waals surface area contributed by atoms with Gasteiger partial charge in [-0.1, -0.05) is 24.3 Å². The molecule has 2 aromatic rings. The molecule has 1 atom stereocenters. The molecule has 0 radical (unpaired) electrons. The van der Waals surface area contributed by atoms with E-state index < -0.39 is 5.60 Å². The first-order chi connectivity index (χ1) is 13.0. The minimum atomic E-state index is -0.828. The highest BCUT2D eigenvalue weighted by molar-refractivity contribution is 5.95. The number of likely N-dealkylation sites (tertiary alicyclic amines) is 1. The number of aromatic nitrogens is 1. The molecule has 4 rings (SSSR count). The summed E-state index contributed by atoms with van der Waals surface area (Å²) in [5.41, 5.74) is 2.04. The number of aliphatic hydroxyl groups is 1. The van der Waals surface area contributed by atoms with Crippen molar-refractivity contribution in [2.24, 2.45) is 5.92 Å². The average molecular weight is 365 g/mol. The quantitative estimate of drug-likeness (QED) is 0.905. The fraction of sp³-hybridized carbons (Fsp3) is 0.455. The summed E-state index contributed by atoms with van der Waals surface area (Å²) in [6, 6.07) is 13.9. The van der Waals surface area contributed by atoms with Crippen LogP contribution in [0.4, 0.5) is 5.69 Å². The van der Waals surface area contributed by atoms with Crippen molar-refractivity contribution in [2.45, 2.75) is 31.8 Å². The van der Waals surface area contributed by atoms with Gasteiger partial charge in [0.2, 0.25) is 5.91 Å². The summed E-state index contributed by atoms with van der Waals surface area (Å²) in [5.74, 6) is 0.560. The van der Waals surface area contributed by atoms with Crippen molar-refractivity contribution in [3.05, 3.63) is 59.9 Å². The molecule has 2 saturated heterocycles. The second kappa shape index (κ2) is 7.41. The zero-order valence-corrected chi connectivity index (χ0v) is 15.8. The van der Waals surface area contributed by atoms with E-state index in [9.17, 15) is 9.90 Å². The third-order valence-corrected chi connectivity index (χ3v) is 5.86. The van der Waals surface area contributed by atoms with Crippen molar-refractivity contribution in [3.8, 4) is 0 Å². The molecule has 0 aliphatic carbocycles. The minimum absolute atomic E-state index is 0.212. The molecule has 3 heterocycles. The number of para-hydroxylation sites is 1. The second-order valence-corrected chi connectivity index (χ2v) is 7.96.